The molecule has 2 aliphatic rings. The van der Waals surface area contributed by atoms with Gasteiger partial charge in [-0.15, -0.1) is 0 Å². The van der Waals surface area contributed by atoms with Crippen LogP contribution in [0.3, 0.4) is 0 Å². The summed E-state index contributed by atoms with van der Waals surface area (Å²) in [7, 11) is -3.77. The summed E-state index contributed by atoms with van der Waals surface area (Å²) in [6.07, 6.45) is 5.39. The number of halogens is 2. The fourth-order valence-electron chi connectivity index (χ4n) is 3.94. The molecule has 0 unspecified atom stereocenters. The van der Waals surface area contributed by atoms with Gasteiger partial charge in [0.05, 0.1) is 10.0 Å². The van der Waals surface area contributed by atoms with Gasteiger partial charge in [0.25, 0.3) is 0 Å². The highest BCUT2D eigenvalue weighted by molar-refractivity contribution is 7.89. The molecule has 0 radical (unpaired) electrons. The Labute approximate surface area is 171 Å². The summed E-state index contributed by atoms with van der Waals surface area (Å²) in [4.78, 5) is 12.5. The Morgan fingerprint density at radius 2 is 1.59 bits per heavy atom. The van der Waals surface area contributed by atoms with E-state index in [-0.39, 0.29) is 32.8 Å². The third-order valence-corrected chi connectivity index (χ3v) is 8.56. The number of hydrogen-bond donors (Lipinski definition) is 1. The predicted molar refractivity (Wildman–Crippen MR) is 108 cm³/mol. The molecule has 0 bridgehead atoms. The van der Waals surface area contributed by atoms with Crippen molar-refractivity contribution in [3.05, 3.63) is 28.2 Å². The van der Waals surface area contributed by atoms with Crippen LogP contribution in [0, 0.1) is 11.8 Å². The highest BCUT2D eigenvalue weighted by atomic mass is 35.5. The minimum absolute atomic E-state index is 0.0486. The monoisotopic (exact) mass is 432 g/mol. The van der Waals surface area contributed by atoms with Crippen molar-refractivity contribution in [3.63, 3.8) is 0 Å². The average Bonchev–Trinajstić information content (AvgIpc) is 2.63. The molecule has 1 saturated heterocycles. The molecule has 2 fully saturated rings. The van der Waals surface area contributed by atoms with Gasteiger partial charge >= 0.3 is 0 Å². The lowest BCUT2D eigenvalue weighted by Crippen LogP contribution is -2.46. The summed E-state index contributed by atoms with van der Waals surface area (Å²) < 4.78 is 27.2. The second-order valence-corrected chi connectivity index (χ2v) is 10.4. The van der Waals surface area contributed by atoms with Crippen molar-refractivity contribution in [2.75, 3.05) is 13.1 Å². The van der Waals surface area contributed by atoms with Crippen LogP contribution in [0.2, 0.25) is 10.0 Å². The summed E-state index contributed by atoms with van der Waals surface area (Å²) in [6.45, 7) is 2.84. The Balaban J connectivity index is 1.59. The van der Waals surface area contributed by atoms with E-state index < -0.39 is 10.0 Å². The lowest BCUT2D eigenvalue weighted by Gasteiger charge is -2.33. The van der Waals surface area contributed by atoms with Crippen LogP contribution < -0.4 is 5.32 Å². The van der Waals surface area contributed by atoms with Crippen LogP contribution in [0.1, 0.15) is 45.4 Å². The van der Waals surface area contributed by atoms with Gasteiger partial charge in [0.15, 0.2) is 0 Å². The number of piperidine rings is 1. The van der Waals surface area contributed by atoms with Crippen molar-refractivity contribution in [1.29, 1.82) is 0 Å². The maximum atomic E-state index is 12.9. The summed E-state index contributed by atoms with van der Waals surface area (Å²) in [5.41, 5.74) is 0. The van der Waals surface area contributed by atoms with Gasteiger partial charge < -0.3 is 5.32 Å². The Bertz CT molecular complexity index is 764. The van der Waals surface area contributed by atoms with E-state index in [1.165, 1.54) is 16.4 Å². The second-order valence-electron chi connectivity index (χ2n) is 7.69. The van der Waals surface area contributed by atoms with E-state index in [1.54, 1.807) is 6.07 Å². The van der Waals surface area contributed by atoms with Gasteiger partial charge in [-0.1, -0.05) is 36.2 Å². The topological polar surface area (TPSA) is 66.5 Å². The first kappa shape index (κ1) is 20.9. The first-order chi connectivity index (χ1) is 12.8. The molecule has 1 aromatic carbocycles. The molecule has 1 aliphatic carbocycles. The van der Waals surface area contributed by atoms with E-state index in [2.05, 4.69) is 12.2 Å². The molecule has 3 rings (SSSR count). The van der Waals surface area contributed by atoms with Gasteiger partial charge in [0.2, 0.25) is 15.9 Å². The summed E-state index contributed by atoms with van der Waals surface area (Å²) in [5.74, 6) is 0.656. The molecule has 0 atom stereocenters. The smallest absolute Gasteiger partial charge is 0.246 e. The number of amides is 1. The van der Waals surface area contributed by atoms with E-state index in [1.807, 2.05) is 0 Å². The van der Waals surface area contributed by atoms with Crippen LogP contribution in [0.15, 0.2) is 23.1 Å². The Morgan fingerprint density at radius 3 is 2.15 bits per heavy atom. The first-order valence-corrected chi connectivity index (χ1v) is 11.7. The highest BCUT2D eigenvalue weighted by Gasteiger charge is 2.35. The number of sulfonamides is 1. The largest absolute Gasteiger partial charge is 0.353 e. The molecule has 1 aromatic rings. The van der Waals surface area contributed by atoms with Gasteiger partial charge in [0, 0.05) is 25.0 Å². The van der Waals surface area contributed by atoms with Crippen molar-refractivity contribution in [1.82, 2.24) is 9.62 Å². The Kier molecular flexibility index (Phi) is 6.72. The van der Waals surface area contributed by atoms with E-state index in [0.29, 0.717) is 25.9 Å². The highest BCUT2D eigenvalue weighted by Crippen LogP contribution is 2.33. The van der Waals surface area contributed by atoms with Crippen LogP contribution in [0.5, 0.6) is 0 Å². The molecule has 1 aliphatic heterocycles. The Morgan fingerprint density at radius 1 is 1.04 bits per heavy atom. The summed E-state index contributed by atoms with van der Waals surface area (Å²) >= 11 is 12.2. The lowest BCUT2D eigenvalue weighted by molar-refractivity contribution is -0.127. The lowest BCUT2D eigenvalue weighted by atomic mass is 9.87. The van der Waals surface area contributed by atoms with E-state index in [4.69, 9.17) is 23.2 Å². The van der Waals surface area contributed by atoms with Crippen LogP contribution in [0.25, 0.3) is 0 Å². The van der Waals surface area contributed by atoms with Crippen molar-refractivity contribution in [2.24, 2.45) is 11.8 Å². The van der Waals surface area contributed by atoms with Crippen molar-refractivity contribution in [2.45, 2.75) is 56.4 Å². The number of rotatable bonds is 4. The molecule has 1 amide bonds. The average molecular weight is 433 g/mol. The zero-order valence-electron chi connectivity index (χ0n) is 15.5. The molecule has 0 spiro atoms. The maximum Gasteiger partial charge on any atom is 0.246 e. The minimum Gasteiger partial charge on any atom is -0.353 e. The van der Waals surface area contributed by atoms with Crippen LogP contribution >= 0.6 is 23.2 Å². The predicted octanol–water partition coefficient (Wildman–Crippen LogP) is 4.09. The molecule has 0 aromatic heterocycles. The number of nitrogens with one attached hydrogen (secondary N) is 1. The number of benzene rings is 1. The van der Waals surface area contributed by atoms with Gasteiger partial charge in [0.1, 0.15) is 4.90 Å². The van der Waals surface area contributed by atoms with Crippen LogP contribution in [0.4, 0.5) is 0 Å². The number of nitrogens with zero attached hydrogens (tertiary/aromatic N) is 1. The molecular formula is C19H26Cl2N2O3S. The van der Waals surface area contributed by atoms with Crippen molar-refractivity contribution in [3.8, 4) is 0 Å². The second kappa shape index (κ2) is 8.68. The molecule has 1 saturated carbocycles. The molecule has 150 valence electrons. The molecular weight excluding hydrogens is 407 g/mol. The third kappa shape index (κ3) is 4.78. The fourth-order valence-corrected chi connectivity index (χ4v) is 6.50. The minimum atomic E-state index is -3.77. The number of hydrogen-bond acceptors (Lipinski definition) is 3. The van der Waals surface area contributed by atoms with Crippen molar-refractivity contribution >= 4 is 39.1 Å². The molecule has 8 heteroatoms. The van der Waals surface area contributed by atoms with Crippen LogP contribution in [-0.2, 0) is 14.8 Å². The van der Waals surface area contributed by atoms with Gasteiger partial charge in [-0.25, -0.2) is 8.42 Å². The van der Waals surface area contributed by atoms with Crippen LogP contribution in [-0.4, -0.2) is 37.8 Å². The van der Waals surface area contributed by atoms with Gasteiger partial charge in [-0.2, -0.15) is 4.31 Å². The van der Waals surface area contributed by atoms with E-state index >= 15 is 0 Å². The van der Waals surface area contributed by atoms with E-state index in [0.717, 1.165) is 31.6 Å². The normalized spacial score (nSPS) is 25.3. The van der Waals surface area contributed by atoms with E-state index in [9.17, 15) is 13.2 Å². The SMILES string of the molecule is CC1CCC(NC(=O)C2CCN(S(=O)(=O)c3c(Cl)cccc3Cl)CC2)CC1. The van der Waals surface area contributed by atoms with Gasteiger partial charge in [-0.3, -0.25) is 4.79 Å². The molecule has 1 N–H and O–H groups in total. The summed E-state index contributed by atoms with van der Waals surface area (Å²) in [6, 6.07) is 4.92. The molecule has 1 heterocycles. The van der Waals surface area contributed by atoms with Crippen molar-refractivity contribution < 1.29 is 13.2 Å². The first-order valence-electron chi connectivity index (χ1n) is 9.53. The third-order valence-electron chi connectivity index (χ3n) is 5.70. The fraction of sp³-hybridized carbons (Fsp3) is 0.632. The zero-order valence-corrected chi connectivity index (χ0v) is 17.8. The number of carbonyl (C=O) groups excluding carboxylic acids is 1. The summed E-state index contributed by atoms with van der Waals surface area (Å²) in [5, 5.41) is 3.40. The standard InChI is InChI=1S/C19H26Cl2N2O3S/c1-13-5-7-15(8-6-13)22-19(24)14-9-11-23(12-10-14)27(25,26)18-16(20)3-2-4-17(18)21/h2-4,13-15H,5-12H2,1H3,(H,22,24). The van der Waals surface area contributed by atoms with Gasteiger partial charge in [-0.05, 0) is 56.6 Å². The molecule has 27 heavy (non-hydrogen) atoms. The zero-order chi connectivity index (χ0) is 19.6. The molecule has 5 nitrogen and oxygen atoms in total. The quantitative estimate of drug-likeness (QED) is 0.778. The maximum absolute atomic E-state index is 12.9. The number of carbonyl (C=O) groups is 1. The Hall–Kier alpha value is -0.820.